The number of hydrogen-bond donors (Lipinski definition) is 1. The molecule has 1 saturated heterocycles. The van der Waals surface area contributed by atoms with Gasteiger partial charge in [-0.1, -0.05) is 24.3 Å². The van der Waals surface area contributed by atoms with Crippen molar-refractivity contribution in [3.05, 3.63) is 52.7 Å². The average molecular weight is 286 g/mol. The molecule has 1 aromatic heterocycles. The van der Waals surface area contributed by atoms with Gasteiger partial charge in [0.15, 0.2) is 0 Å². The first kappa shape index (κ1) is 12.9. The summed E-state index contributed by atoms with van der Waals surface area (Å²) in [5, 5.41) is 4.79. The van der Waals surface area contributed by atoms with Crippen LogP contribution in [0.2, 0.25) is 0 Å². The molecule has 0 bridgehead atoms. The summed E-state index contributed by atoms with van der Waals surface area (Å²) in [4.78, 5) is 26.4. The van der Waals surface area contributed by atoms with Crippen molar-refractivity contribution in [3.8, 4) is 0 Å². The number of benzene rings is 1. The first-order valence-electron chi connectivity index (χ1n) is 6.44. The van der Waals surface area contributed by atoms with E-state index in [0.29, 0.717) is 17.8 Å². The standard InChI is InChI=1S/C15H14N2O2S/c18-14-9-11(16-15(19)13-7-4-8-20-13)10-17(14)12-5-2-1-3-6-12/h1-8,11H,9-10H2,(H,16,19)/t11-/m1/s1. The van der Waals surface area contributed by atoms with Gasteiger partial charge in [0.25, 0.3) is 5.91 Å². The van der Waals surface area contributed by atoms with Crippen molar-refractivity contribution in [2.24, 2.45) is 0 Å². The molecule has 5 heteroatoms. The van der Waals surface area contributed by atoms with Crippen LogP contribution >= 0.6 is 11.3 Å². The molecule has 0 radical (unpaired) electrons. The van der Waals surface area contributed by atoms with Crippen molar-refractivity contribution in [1.29, 1.82) is 0 Å². The number of amides is 2. The number of nitrogens with one attached hydrogen (secondary N) is 1. The van der Waals surface area contributed by atoms with Gasteiger partial charge in [0, 0.05) is 18.7 Å². The van der Waals surface area contributed by atoms with E-state index in [1.807, 2.05) is 41.8 Å². The van der Waals surface area contributed by atoms with Gasteiger partial charge in [-0.2, -0.15) is 0 Å². The number of hydrogen-bond acceptors (Lipinski definition) is 3. The molecule has 0 unspecified atom stereocenters. The van der Waals surface area contributed by atoms with Crippen molar-refractivity contribution in [3.63, 3.8) is 0 Å². The molecule has 1 atom stereocenters. The largest absolute Gasteiger partial charge is 0.346 e. The van der Waals surface area contributed by atoms with Crippen LogP contribution in [0.15, 0.2) is 47.8 Å². The molecule has 2 heterocycles. The van der Waals surface area contributed by atoms with E-state index in [1.165, 1.54) is 11.3 Å². The van der Waals surface area contributed by atoms with Crippen LogP contribution in [-0.4, -0.2) is 24.4 Å². The first-order valence-corrected chi connectivity index (χ1v) is 7.32. The fourth-order valence-corrected chi connectivity index (χ4v) is 2.95. The topological polar surface area (TPSA) is 49.4 Å². The maximum atomic E-state index is 12.0. The average Bonchev–Trinajstić information content (AvgIpc) is 3.09. The Morgan fingerprint density at radius 1 is 1.20 bits per heavy atom. The predicted molar refractivity (Wildman–Crippen MR) is 79.0 cm³/mol. The zero-order valence-corrected chi connectivity index (χ0v) is 11.6. The van der Waals surface area contributed by atoms with Crippen LogP contribution in [0.3, 0.4) is 0 Å². The van der Waals surface area contributed by atoms with Crippen LogP contribution in [0.4, 0.5) is 5.69 Å². The Morgan fingerprint density at radius 2 is 2.00 bits per heavy atom. The maximum Gasteiger partial charge on any atom is 0.261 e. The lowest BCUT2D eigenvalue weighted by atomic mass is 10.2. The van der Waals surface area contributed by atoms with Crippen molar-refractivity contribution in [2.75, 3.05) is 11.4 Å². The Bertz CT molecular complexity index is 610. The number of anilines is 1. The van der Waals surface area contributed by atoms with Gasteiger partial charge in [0.2, 0.25) is 5.91 Å². The van der Waals surface area contributed by atoms with Crippen molar-refractivity contribution in [1.82, 2.24) is 5.32 Å². The van der Waals surface area contributed by atoms with Crippen molar-refractivity contribution < 1.29 is 9.59 Å². The van der Waals surface area contributed by atoms with Gasteiger partial charge in [0.1, 0.15) is 0 Å². The Kier molecular flexibility index (Phi) is 3.52. The molecule has 2 amide bonds. The van der Waals surface area contributed by atoms with E-state index in [4.69, 9.17) is 0 Å². The Balaban J connectivity index is 1.67. The minimum absolute atomic E-state index is 0.0488. The van der Waals surface area contributed by atoms with E-state index in [9.17, 15) is 9.59 Å². The number of para-hydroxylation sites is 1. The quantitative estimate of drug-likeness (QED) is 0.941. The normalized spacial score (nSPS) is 18.3. The molecule has 1 N–H and O–H groups in total. The summed E-state index contributed by atoms with van der Waals surface area (Å²) < 4.78 is 0. The molecule has 0 saturated carbocycles. The zero-order chi connectivity index (χ0) is 13.9. The number of rotatable bonds is 3. The Morgan fingerprint density at radius 3 is 2.70 bits per heavy atom. The minimum atomic E-state index is -0.127. The summed E-state index contributed by atoms with van der Waals surface area (Å²) >= 11 is 1.40. The van der Waals surface area contributed by atoms with Crippen LogP contribution in [0, 0.1) is 0 Å². The highest BCUT2D eigenvalue weighted by molar-refractivity contribution is 7.12. The number of thiophene rings is 1. The molecular weight excluding hydrogens is 272 g/mol. The molecule has 0 aliphatic carbocycles. The third kappa shape index (κ3) is 2.58. The van der Waals surface area contributed by atoms with Crippen molar-refractivity contribution in [2.45, 2.75) is 12.5 Å². The van der Waals surface area contributed by atoms with E-state index in [0.717, 1.165) is 5.69 Å². The lowest BCUT2D eigenvalue weighted by Gasteiger charge is -2.16. The van der Waals surface area contributed by atoms with E-state index < -0.39 is 0 Å². The van der Waals surface area contributed by atoms with Crippen LogP contribution in [0.5, 0.6) is 0 Å². The smallest absolute Gasteiger partial charge is 0.261 e. The fraction of sp³-hybridized carbons (Fsp3) is 0.200. The molecule has 1 aliphatic rings. The van der Waals surface area contributed by atoms with Crippen LogP contribution in [0.1, 0.15) is 16.1 Å². The summed E-state index contributed by atoms with van der Waals surface area (Å²) in [6.07, 6.45) is 0.353. The van der Waals surface area contributed by atoms with Crippen LogP contribution in [-0.2, 0) is 4.79 Å². The highest BCUT2D eigenvalue weighted by atomic mass is 32.1. The highest BCUT2D eigenvalue weighted by Crippen LogP contribution is 2.21. The van der Waals surface area contributed by atoms with E-state index in [-0.39, 0.29) is 17.9 Å². The van der Waals surface area contributed by atoms with Crippen LogP contribution < -0.4 is 10.2 Å². The SMILES string of the molecule is O=C(N[C@@H]1CC(=O)N(c2ccccc2)C1)c1cccs1. The van der Waals surface area contributed by atoms with Gasteiger partial charge >= 0.3 is 0 Å². The third-order valence-electron chi connectivity index (χ3n) is 3.27. The summed E-state index contributed by atoms with van der Waals surface area (Å²) in [6.45, 7) is 0.528. The van der Waals surface area contributed by atoms with E-state index in [1.54, 1.807) is 11.0 Å². The van der Waals surface area contributed by atoms with Crippen molar-refractivity contribution >= 4 is 28.8 Å². The van der Waals surface area contributed by atoms with Crippen LogP contribution in [0.25, 0.3) is 0 Å². The van der Waals surface area contributed by atoms with Gasteiger partial charge in [0.05, 0.1) is 10.9 Å². The second-order valence-electron chi connectivity index (χ2n) is 4.69. The predicted octanol–water partition coefficient (Wildman–Crippen LogP) is 2.28. The monoisotopic (exact) mass is 286 g/mol. The molecule has 20 heavy (non-hydrogen) atoms. The summed E-state index contributed by atoms with van der Waals surface area (Å²) in [6, 6.07) is 13.0. The van der Waals surface area contributed by atoms with Gasteiger partial charge in [-0.05, 0) is 23.6 Å². The fourth-order valence-electron chi connectivity index (χ4n) is 2.33. The summed E-state index contributed by atoms with van der Waals surface area (Å²) in [7, 11) is 0. The lowest BCUT2D eigenvalue weighted by molar-refractivity contribution is -0.117. The number of nitrogens with zero attached hydrogens (tertiary/aromatic N) is 1. The molecular formula is C15H14N2O2S. The molecule has 102 valence electrons. The zero-order valence-electron chi connectivity index (χ0n) is 10.8. The van der Waals surface area contributed by atoms with E-state index in [2.05, 4.69) is 5.32 Å². The molecule has 1 aliphatic heterocycles. The number of carbonyl (C=O) groups is 2. The second kappa shape index (κ2) is 5.46. The highest BCUT2D eigenvalue weighted by Gasteiger charge is 2.31. The minimum Gasteiger partial charge on any atom is -0.346 e. The number of carbonyl (C=O) groups excluding carboxylic acids is 2. The molecule has 1 fully saturated rings. The van der Waals surface area contributed by atoms with Gasteiger partial charge in [-0.3, -0.25) is 9.59 Å². The summed E-state index contributed by atoms with van der Waals surface area (Å²) in [5.74, 6) is -0.0552. The molecule has 1 aromatic carbocycles. The second-order valence-corrected chi connectivity index (χ2v) is 5.64. The maximum absolute atomic E-state index is 12.0. The third-order valence-corrected chi connectivity index (χ3v) is 4.14. The lowest BCUT2D eigenvalue weighted by Crippen LogP contribution is -2.36. The molecule has 3 rings (SSSR count). The van der Waals surface area contributed by atoms with Gasteiger partial charge < -0.3 is 10.2 Å². The van der Waals surface area contributed by atoms with Gasteiger partial charge in [-0.15, -0.1) is 11.3 Å². The Hall–Kier alpha value is -2.14. The molecule has 0 spiro atoms. The summed E-state index contributed by atoms with van der Waals surface area (Å²) in [5.41, 5.74) is 0.880. The molecule has 4 nitrogen and oxygen atoms in total. The van der Waals surface area contributed by atoms with E-state index >= 15 is 0 Å². The first-order chi connectivity index (χ1) is 9.74. The Labute approximate surface area is 121 Å². The molecule has 2 aromatic rings. The van der Waals surface area contributed by atoms with Gasteiger partial charge in [-0.25, -0.2) is 0 Å².